The van der Waals surface area contributed by atoms with Crippen LogP contribution in [0.2, 0.25) is 0 Å². The minimum absolute atomic E-state index is 0.123. The zero-order valence-corrected chi connectivity index (χ0v) is 11.0. The van der Waals surface area contributed by atoms with Crippen molar-refractivity contribution in [2.45, 2.75) is 13.8 Å². The third-order valence-corrected chi connectivity index (χ3v) is 3.14. The number of nitro groups is 2. The van der Waals surface area contributed by atoms with Crippen molar-refractivity contribution in [1.82, 2.24) is 0 Å². The van der Waals surface area contributed by atoms with E-state index >= 15 is 0 Å². The lowest BCUT2D eigenvalue weighted by atomic mass is 9.93. The van der Waals surface area contributed by atoms with Crippen LogP contribution in [0.5, 0.6) is 0 Å². The smallest absolute Gasteiger partial charge is 0.258 e. The number of hydrogen-bond donors (Lipinski definition) is 0. The molecule has 20 heavy (non-hydrogen) atoms. The van der Waals surface area contributed by atoms with E-state index in [1.165, 1.54) is 12.1 Å². The van der Waals surface area contributed by atoms with E-state index in [1.807, 2.05) is 0 Å². The van der Waals surface area contributed by atoms with Gasteiger partial charge in [0.2, 0.25) is 0 Å². The quantitative estimate of drug-likeness (QED) is 0.628. The average Bonchev–Trinajstić information content (AvgIpc) is 2.38. The van der Waals surface area contributed by atoms with Crippen LogP contribution in [-0.4, -0.2) is 9.85 Å². The summed E-state index contributed by atoms with van der Waals surface area (Å²) in [6.45, 7) is 3.41. The standard InChI is InChI=1S/C14H12N2O4/c1-9-5-3-7-11(15(17)18)13(9)14-10(2)6-4-8-12(14)16(19)20/h3-8H,1-2H3. The number of benzene rings is 2. The van der Waals surface area contributed by atoms with E-state index in [0.29, 0.717) is 22.3 Å². The summed E-state index contributed by atoms with van der Waals surface area (Å²) in [5.41, 5.74) is 1.64. The van der Waals surface area contributed by atoms with Crippen molar-refractivity contribution in [2.75, 3.05) is 0 Å². The van der Waals surface area contributed by atoms with Gasteiger partial charge in [-0.1, -0.05) is 24.3 Å². The first-order valence-corrected chi connectivity index (χ1v) is 5.92. The highest BCUT2D eigenvalue weighted by Crippen LogP contribution is 2.40. The first kappa shape index (κ1) is 13.7. The molecular formula is C14H12N2O4. The summed E-state index contributed by atoms with van der Waals surface area (Å²) in [6.07, 6.45) is 0. The van der Waals surface area contributed by atoms with Crippen molar-refractivity contribution in [3.63, 3.8) is 0 Å². The molecule has 0 amide bonds. The Morgan fingerprint density at radius 1 is 0.750 bits per heavy atom. The van der Waals surface area contributed by atoms with Gasteiger partial charge < -0.3 is 0 Å². The Morgan fingerprint density at radius 2 is 1.10 bits per heavy atom. The van der Waals surface area contributed by atoms with Gasteiger partial charge in [0, 0.05) is 12.1 Å². The normalized spacial score (nSPS) is 10.3. The van der Waals surface area contributed by atoms with Crippen molar-refractivity contribution < 1.29 is 9.85 Å². The zero-order chi connectivity index (χ0) is 14.9. The molecular weight excluding hydrogens is 260 g/mol. The molecule has 0 aliphatic heterocycles. The summed E-state index contributed by atoms with van der Waals surface area (Å²) in [5, 5.41) is 22.4. The van der Waals surface area contributed by atoms with Gasteiger partial charge in [-0.3, -0.25) is 20.2 Å². The molecule has 0 aliphatic rings. The predicted octanol–water partition coefficient (Wildman–Crippen LogP) is 3.79. The largest absolute Gasteiger partial charge is 0.277 e. The molecule has 0 N–H and O–H groups in total. The molecule has 102 valence electrons. The van der Waals surface area contributed by atoms with Crippen LogP contribution in [0.25, 0.3) is 11.1 Å². The predicted molar refractivity (Wildman–Crippen MR) is 74.7 cm³/mol. The van der Waals surface area contributed by atoms with Gasteiger partial charge in [-0.25, -0.2) is 0 Å². The lowest BCUT2D eigenvalue weighted by Gasteiger charge is -2.10. The molecule has 0 fully saturated rings. The summed E-state index contributed by atoms with van der Waals surface area (Å²) < 4.78 is 0. The Kier molecular flexibility index (Phi) is 3.47. The van der Waals surface area contributed by atoms with E-state index in [1.54, 1.807) is 38.1 Å². The maximum atomic E-state index is 11.2. The van der Waals surface area contributed by atoms with E-state index in [9.17, 15) is 20.2 Å². The summed E-state index contributed by atoms with van der Waals surface area (Å²) in [7, 11) is 0. The molecule has 0 saturated heterocycles. The summed E-state index contributed by atoms with van der Waals surface area (Å²) >= 11 is 0. The van der Waals surface area contributed by atoms with Crippen molar-refractivity contribution in [3.05, 3.63) is 67.8 Å². The SMILES string of the molecule is Cc1cccc([N+](=O)[O-])c1-c1c(C)cccc1[N+](=O)[O-]. The average molecular weight is 272 g/mol. The number of rotatable bonds is 3. The van der Waals surface area contributed by atoms with Crippen LogP contribution >= 0.6 is 0 Å². The molecule has 6 heteroatoms. The molecule has 0 atom stereocenters. The third kappa shape index (κ3) is 2.23. The number of nitrogens with zero attached hydrogens (tertiary/aromatic N) is 2. The monoisotopic (exact) mass is 272 g/mol. The first-order valence-electron chi connectivity index (χ1n) is 5.92. The van der Waals surface area contributed by atoms with Gasteiger partial charge in [0.25, 0.3) is 11.4 Å². The molecule has 0 bridgehead atoms. The van der Waals surface area contributed by atoms with Gasteiger partial charge in [-0.15, -0.1) is 0 Å². The molecule has 0 aromatic heterocycles. The lowest BCUT2D eigenvalue weighted by Crippen LogP contribution is -1.99. The third-order valence-electron chi connectivity index (χ3n) is 3.14. The first-order chi connectivity index (χ1) is 9.43. The number of nitro benzene ring substituents is 2. The topological polar surface area (TPSA) is 86.3 Å². The Hall–Kier alpha value is -2.76. The Bertz CT molecular complexity index is 649. The van der Waals surface area contributed by atoms with E-state index in [0.717, 1.165) is 0 Å². The van der Waals surface area contributed by atoms with Crippen molar-refractivity contribution in [3.8, 4) is 11.1 Å². The van der Waals surface area contributed by atoms with Gasteiger partial charge in [-0.2, -0.15) is 0 Å². The Morgan fingerprint density at radius 3 is 1.40 bits per heavy atom. The van der Waals surface area contributed by atoms with E-state index in [-0.39, 0.29) is 11.4 Å². The molecule has 2 aromatic carbocycles. The molecule has 0 spiro atoms. The second-order valence-corrected chi connectivity index (χ2v) is 4.45. The van der Waals surface area contributed by atoms with Gasteiger partial charge in [-0.05, 0) is 25.0 Å². The summed E-state index contributed by atoms with van der Waals surface area (Å²) in [5.74, 6) is 0. The molecule has 0 aliphatic carbocycles. The fraction of sp³-hybridized carbons (Fsp3) is 0.143. The van der Waals surface area contributed by atoms with Gasteiger partial charge in [0.05, 0.1) is 21.0 Å². The van der Waals surface area contributed by atoms with Crippen LogP contribution in [0.1, 0.15) is 11.1 Å². The minimum Gasteiger partial charge on any atom is -0.258 e. The fourth-order valence-corrected chi connectivity index (χ4v) is 2.26. The molecule has 0 unspecified atom stereocenters. The van der Waals surface area contributed by atoms with Crippen molar-refractivity contribution in [1.29, 1.82) is 0 Å². The van der Waals surface area contributed by atoms with Gasteiger partial charge >= 0.3 is 0 Å². The highest BCUT2D eigenvalue weighted by molar-refractivity contribution is 5.85. The molecule has 2 rings (SSSR count). The second kappa shape index (κ2) is 5.08. The second-order valence-electron chi connectivity index (χ2n) is 4.45. The maximum Gasteiger partial charge on any atom is 0.277 e. The van der Waals surface area contributed by atoms with Gasteiger partial charge in [0.1, 0.15) is 0 Å². The molecule has 2 aromatic rings. The van der Waals surface area contributed by atoms with E-state index < -0.39 is 9.85 Å². The summed E-state index contributed by atoms with van der Waals surface area (Å²) in [6, 6.07) is 9.27. The fourth-order valence-electron chi connectivity index (χ4n) is 2.26. The van der Waals surface area contributed by atoms with Crippen molar-refractivity contribution >= 4 is 11.4 Å². The number of aryl methyl sites for hydroxylation is 2. The van der Waals surface area contributed by atoms with E-state index in [4.69, 9.17) is 0 Å². The van der Waals surface area contributed by atoms with Crippen molar-refractivity contribution in [2.24, 2.45) is 0 Å². The molecule has 6 nitrogen and oxygen atoms in total. The van der Waals surface area contributed by atoms with Crippen LogP contribution in [0.3, 0.4) is 0 Å². The van der Waals surface area contributed by atoms with Crippen LogP contribution in [0, 0.1) is 34.1 Å². The number of hydrogen-bond acceptors (Lipinski definition) is 4. The van der Waals surface area contributed by atoms with Crippen LogP contribution in [0.15, 0.2) is 36.4 Å². The van der Waals surface area contributed by atoms with Gasteiger partial charge in [0.15, 0.2) is 0 Å². The highest BCUT2D eigenvalue weighted by Gasteiger charge is 2.25. The minimum atomic E-state index is -0.515. The Labute approximate surface area is 115 Å². The van der Waals surface area contributed by atoms with E-state index in [2.05, 4.69) is 0 Å². The Balaban J connectivity index is 2.88. The molecule has 0 saturated carbocycles. The summed E-state index contributed by atoms with van der Waals surface area (Å²) in [4.78, 5) is 21.3. The van der Waals surface area contributed by atoms with Crippen LogP contribution in [-0.2, 0) is 0 Å². The van der Waals surface area contributed by atoms with Crippen LogP contribution < -0.4 is 0 Å². The molecule has 0 heterocycles. The lowest BCUT2D eigenvalue weighted by molar-refractivity contribution is -0.386. The zero-order valence-electron chi connectivity index (χ0n) is 11.0. The maximum absolute atomic E-state index is 11.2. The highest BCUT2D eigenvalue weighted by atomic mass is 16.6. The molecule has 0 radical (unpaired) electrons. The van der Waals surface area contributed by atoms with Crippen LogP contribution in [0.4, 0.5) is 11.4 Å².